The van der Waals surface area contributed by atoms with Crippen molar-refractivity contribution in [3.63, 3.8) is 0 Å². The third kappa shape index (κ3) is 4.92. The van der Waals surface area contributed by atoms with Crippen molar-refractivity contribution < 1.29 is 0 Å². The largest absolute Gasteiger partial charge is 0.329 e. The quantitative estimate of drug-likeness (QED) is 0.702. The second-order valence-electron chi connectivity index (χ2n) is 5.14. The van der Waals surface area contributed by atoms with Gasteiger partial charge in [0.25, 0.3) is 0 Å². The van der Waals surface area contributed by atoms with E-state index < -0.39 is 0 Å². The summed E-state index contributed by atoms with van der Waals surface area (Å²) in [4.78, 5) is 2.45. The summed E-state index contributed by atoms with van der Waals surface area (Å²) in [6.07, 6.45) is 4.73. The van der Waals surface area contributed by atoms with Crippen LogP contribution in [-0.4, -0.2) is 24.5 Å². The molecule has 114 valence electrons. The highest BCUT2D eigenvalue weighted by Gasteiger charge is 2.21. The van der Waals surface area contributed by atoms with Crippen LogP contribution in [0.15, 0.2) is 18.2 Å². The van der Waals surface area contributed by atoms with Crippen LogP contribution < -0.4 is 5.73 Å². The van der Waals surface area contributed by atoms with Gasteiger partial charge in [0.2, 0.25) is 0 Å². The van der Waals surface area contributed by atoms with Crippen LogP contribution in [0.5, 0.6) is 0 Å². The van der Waals surface area contributed by atoms with Crippen molar-refractivity contribution in [1.29, 1.82) is 0 Å². The molecule has 0 amide bonds. The monoisotopic (exact) mass is 316 g/mol. The minimum absolute atomic E-state index is 0.152. The molecule has 0 bridgehead atoms. The molecule has 0 spiro atoms. The van der Waals surface area contributed by atoms with Gasteiger partial charge in [0.15, 0.2) is 0 Å². The minimum atomic E-state index is 0.152. The molecule has 1 unspecified atom stereocenters. The number of hydrogen-bond donors (Lipinski definition) is 1. The van der Waals surface area contributed by atoms with E-state index in [9.17, 15) is 0 Å². The minimum Gasteiger partial charge on any atom is -0.329 e. The van der Waals surface area contributed by atoms with Crippen molar-refractivity contribution in [3.05, 3.63) is 33.8 Å². The van der Waals surface area contributed by atoms with Crippen LogP contribution >= 0.6 is 23.2 Å². The van der Waals surface area contributed by atoms with Gasteiger partial charge >= 0.3 is 0 Å². The van der Waals surface area contributed by atoms with E-state index >= 15 is 0 Å². The maximum atomic E-state index is 6.36. The average Bonchev–Trinajstić information content (AvgIpc) is 2.46. The summed E-state index contributed by atoms with van der Waals surface area (Å²) in [5, 5.41) is 1.25. The highest BCUT2D eigenvalue weighted by atomic mass is 35.5. The molecular formula is C16H26Cl2N2. The Morgan fingerprint density at radius 2 is 1.70 bits per heavy atom. The predicted octanol–water partition coefficient (Wildman–Crippen LogP) is 4.90. The fraction of sp³-hybridized carbons (Fsp3) is 0.625. The molecule has 0 fully saturated rings. The molecule has 0 aliphatic heterocycles. The van der Waals surface area contributed by atoms with Gasteiger partial charge in [0.1, 0.15) is 0 Å². The summed E-state index contributed by atoms with van der Waals surface area (Å²) >= 11 is 12.5. The average molecular weight is 317 g/mol. The molecule has 0 saturated heterocycles. The van der Waals surface area contributed by atoms with Gasteiger partial charge in [-0.3, -0.25) is 4.90 Å². The molecule has 2 nitrogen and oxygen atoms in total. The number of halogens is 2. The number of nitrogens with zero attached hydrogens (tertiary/aromatic N) is 1. The first-order valence-corrected chi connectivity index (χ1v) is 8.29. The van der Waals surface area contributed by atoms with Gasteiger partial charge in [-0.05, 0) is 37.6 Å². The fourth-order valence-corrected chi connectivity index (χ4v) is 2.83. The summed E-state index contributed by atoms with van der Waals surface area (Å²) in [6.45, 7) is 7.10. The van der Waals surface area contributed by atoms with E-state index in [1.807, 2.05) is 18.2 Å². The molecule has 0 aromatic heterocycles. The summed E-state index contributed by atoms with van der Waals surface area (Å²) in [7, 11) is 0. The molecule has 0 heterocycles. The molecule has 1 aromatic carbocycles. The number of rotatable bonds is 9. The topological polar surface area (TPSA) is 29.3 Å². The van der Waals surface area contributed by atoms with Gasteiger partial charge in [0.05, 0.1) is 10.0 Å². The van der Waals surface area contributed by atoms with Gasteiger partial charge in [-0.1, -0.05) is 62.0 Å². The lowest BCUT2D eigenvalue weighted by atomic mass is 10.0. The molecule has 0 radical (unpaired) electrons. The first kappa shape index (κ1) is 17.8. The van der Waals surface area contributed by atoms with E-state index in [2.05, 4.69) is 18.7 Å². The van der Waals surface area contributed by atoms with Crippen LogP contribution in [0.2, 0.25) is 10.0 Å². The SMILES string of the molecule is CCCCN(CCCC)C(CN)c1cccc(Cl)c1Cl. The zero-order chi connectivity index (χ0) is 15.0. The van der Waals surface area contributed by atoms with Crippen LogP contribution in [0.4, 0.5) is 0 Å². The number of unbranched alkanes of at least 4 members (excludes halogenated alkanes) is 2. The van der Waals surface area contributed by atoms with E-state index in [4.69, 9.17) is 28.9 Å². The third-order valence-electron chi connectivity index (χ3n) is 3.60. The van der Waals surface area contributed by atoms with Crippen molar-refractivity contribution in [3.8, 4) is 0 Å². The molecule has 0 saturated carbocycles. The Morgan fingerprint density at radius 3 is 2.20 bits per heavy atom. The normalized spacial score (nSPS) is 12.9. The lowest BCUT2D eigenvalue weighted by Gasteiger charge is -2.32. The zero-order valence-electron chi connectivity index (χ0n) is 12.5. The van der Waals surface area contributed by atoms with E-state index in [0.29, 0.717) is 16.6 Å². The molecular weight excluding hydrogens is 291 g/mol. The van der Waals surface area contributed by atoms with E-state index in [0.717, 1.165) is 18.7 Å². The van der Waals surface area contributed by atoms with Gasteiger partial charge in [-0.15, -0.1) is 0 Å². The predicted molar refractivity (Wildman–Crippen MR) is 89.6 cm³/mol. The second-order valence-corrected chi connectivity index (χ2v) is 5.92. The highest BCUT2D eigenvalue weighted by Crippen LogP contribution is 2.32. The number of benzene rings is 1. The zero-order valence-corrected chi connectivity index (χ0v) is 14.1. The van der Waals surface area contributed by atoms with Gasteiger partial charge in [0, 0.05) is 12.6 Å². The van der Waals surface area contributed by atoms with Crippen molar-refractivity contribution in [2.75, 3.05) is 19.6 Å². The molecule has 0 aliphatic rings. The molecule has 4 heteroatoms. The van der Waals surface area contributed by atoms with Crippen molar-refractivity contribution in [1.82, 2.24) is 4.90 Å². The first-order chi connectivity index (χ1) is 9.65. The number of nitrogens with two attached hydrogens (primary N) is 1. The second kappa shape index (κ2) is 9.62. The number of hydrogen-bond acceptors (Lipinski definition) is 2. The van der Waals surface area contributed by atoms with Crippen LogP contribution in [-0.2, 0) is 0 Å². The van der Waals surface area contributed by atoms with E-state index in [1.54, 1.807) is 0 Å². The molecule has 1 atom stereocenters. The van der Waals surface area contributed by atoms with Crippen molar-refractivity contribution in [2.45, 2.75) is 45.6 Å². The third-order valence-corrected chi connectivity index (χ3v) is 4.44. The van der Waals surface area contributed by atoms with Crippen molar-refractivity contribution in [2.24, 2.45) is 5.73 Å². The maximum Gasteiger partial charge on any atom is 0.0640 e. The molecule has 0 aliphatic carbocycles. The maximum absolute atomic E-state index is 6.36. The summed E-state index contributed by atoms with van der Waals surface area (Å²) in [6, 6.07) is 5.96. The summed E-state index contributed by atoms with van der Waals surface area (Å²) in [5.41, 5.74) is 7.07. The Bertz CT molecular complexity index is 388. The van der Waals surface area contributed by atoms with E-state index in [1.165, 1.54) is 25.7 Å². The lowest BCUT2D eigenvalue weighted by molar-refractivity contribution is 0.195. The fourth-order valence-electron chi connectivity index (χ4n) is 2.40. The highest BCUT2D eigenvalue weighted by molar-refractivity contribution is 6.42. The lowest BCUT2D eigenvalue weighted by Crippen LogP contribution is -2.35. The van der Waals surface area contributed by atoms with E-state index in [-0.39, 0.29) is 6.04 Å². The van der Waals surface area contributed by atoms with Gasteiger partial charge in [-0.25, -0.2) is 0 Å². The van der Waals surface area contributed by atoms with Crippen molar-refractivity contribution >= 4 is 23.2 Å². The Balaban J connectivity index is 2.95. The summed E-state index contributed by atoms with van der Waals surface area (Å²) < 4.78 is 0. The first-order valence-electron chi connectivity index (χ1n) is 7.53. The van der Waals surface area contributed by atoms with Crippen LogP contribution in [0, 0.1) is 0 Å². The molecule has 1 aromatic rings. The van der Waals surface area contributed by atoms with Crippen LogP contribution in [0.3, 0.4) is 0 Å². The molecule has 1 rings (SSSR count). The Labute approximate surface area is 133 Å². The Hall–Kier alpha value is -0.280. The standard InChI is InChI=1S/C16H26Cl2N2/c1-3-5-10-20(11-6-4-2)15(12-19)13-8-7-9-14(17)16(13)18/h7-9,15H,3-6,10-12,19H2,1-2H3. The van der Waals surface area contributed by atoms with Gasteiger partial charge < -0.3 is 5.73 Å². The molecule has 20 heavy (non-hydrogen) atoms. The smallest absolute Gasteiger partial charge is 0.0640 e. The summed E-state index contributed by atoms with van der Waals surface area (Å²) in [5.74, 6) is 0. The van der Waals surface area contributed by atoms with Crippen LogP contribution in [0.1, 0.15) is 51.1 Å². The Morgan fingerprint density at radius 1 is 1.10 bits per heavy atom. The van der Waals surface area contributed by atoms with Crippen LogP contribution in [0.25, 0.3) is 0 Å². The molecule has 2 N–H and O–H groups in total. The van der Waals surface area contributed by atoms with Gasteiger partial charge in [-0.2, -0.15) is 0 Å². The Kier molecular flexibility index (Phi) is 8.55.